The van der Waals surface area contributed by atoms with Gasteiger partial charge in [0.05, 0.1) is 17.0 Å². The Hall–Kier alpha value is -2.36. The Morgan fingerprint density at radius 1 is 0.880 bits per heavy atom. The van der Waals surface area contributed by atoms with Crippen LogP contribution in [0.15, 0.2) is 12.7 Å². The highest BCUT2D eigenvalue weighted by Gasteiger charge is 2.69. The van der Waals surface area contributed by atoms with Gasteiger partial charge in [0.1, 0.15) is 5.78 Å². The Kier molecular flexibility index (Phi) is 12.9. The first-order valence-electron chi connectivity index (χ1n) is 19.8. The van der Waals surface area contributed by atoms with Crippen molar-refractivity contribution in [2.24, 2.45) is 34.5 Å². The second-order valence-electron chi connectivity index (χ2n) is 17.1. The highest BCUT2D eigenvalue weighted by atomic mass is 32.2. The van der Waals surface area contributed by atoms with Crippen LogP contribution >= 0.6 is 0 Å². The molecule has 1 N–H and O–H groups in total. The van der Waals surface area contributed by atoms with E-state index in [2.05, 4.69) is 25.7 Å². The van der Waals surface area contributed by atoms with Crippen LogP contribution in [0, 0.1) is 34.5 Å². The topological polar surface area (TPSA) is 135 Å². The zero-order chi connectivity index (χ0) is 36.1. The van der Waals surface area contributed by atoms with E-state index in [0.717, 1.165) is 83.5 Å². The summed E-state index contributed by atoms with van der Waals surface area (Å²) in [6, 6.07) is -0.671. The third kappa shape index (κ3) is 8.63. The molecule has 6 atom stereocenters. The molecule has 2 saturated carbocycles. The third-order valence-corrected chi connectivity index (χ3v) is 15.8. The summed E-state index contributed by atoms with van der Waals surface area (Å²) in [5, 5.41) is 2.11. The van der Waals surface area contributed by atoms with Crippen LogP contribution in [-0.2, 0) is 33.8 Å². The smallest absolute Gasteiger partial charge is 0.287 e. The normalized spacial score (nSPS) is 33.0. The van der Waals surface area contributed by atoms with Gasteiger partial charge in [-0.2, -0.15) is 0 Å². The first kappa shape index (κ1) is 38.9. The zero-order valence-electron chi connectivity index (χ0n) is 30.7. The molecule has 2 amide bonds. The summed E-state index contributed by atoms with van der Waals surface area (Å²) in [5.74, 6) is -2.55. The van der Waals surface area contributed by atoms with E-state index in [1.807, 2.05) is 0 Å². The van der Waals surface area contributed by atoms with Crippen molar-refractivity contribution in [1.29, 1.82) is 0 Å². The van der Waals surface area contributed by atoms with Crippen LogP contribution in [-0.4, -0.2) is 72.6 Å². The van der Waals surface area contributed by atoms with Crippen LogP contribution in [0.5, 0.6) is 0 Å². The first-order chi connectivity index (χ1) is 23.8. The quantitative estimate of drug-likeness (QED) is 0.218. The Bertz CT molecular complexity index is 1400. The van der Waals surface area contributed by atoms with Crippen molar-refractivity contribution >= 4 is 39.0 Å². The molecule has 0 radical (unpaired) electrons. The van der Waals surface area contributed by atoms with Gasteiger partial charge in [-0.25, -0.2) is 8.42 Å². The molecule has 0 spiro atoms. The van der Waals surface area contributed by atoms with E-state index >= 15 is 0 Å². The van der Waals surface area contributed by atoms with Gasteiger partial charge in [0.15, 0.2) is 15.6 Å². The van der Waals surface area contributed by atoms with E-state index in [4.69, 9.17) is 0 Å². The van der Waals surface area contributed by atoms with Crippen molar-refractivity contribution in [3.05, 3.63) is 12.7 Å². The van der Waals surface area contributed by atoms with E-state index in [0.29, 0.717) is 32.2 Å². The summed E-state index contributed by atoms with van der Waals surface area (Å²) in [6.45, 7) is 8.51. The molecule has 5 rings (SSSR count). The maximum atomic E-state index is 14.6. The Labute approximate surface area is 300 Å². The van der Waals surface area contributed by atoms with Gasteiger partial charge in [0.25, 0.3) is 5.91 Å². The molecule has 5 aliphatic rings. The number of hydrogen-bond donors (Lipinski definition) is 1. The van der Waals surface area contributed by atoms with E-state index in [1.54, 1.807) is 4.90 Å². The van der Waals surface area contributed by atoms with Crippen molar-refractivity contribution in [2.75, 3.05) is 18.8 Å². The summed E-state index contributed by atoms with van der Waals surface area (Å²) in [6.07, 6.45) is 16.1. The molecular formula is C40H62N2O7S. The van der Waals surface area contributed by atoms with Crippen molar-refractivity contribution in [3.8, 4) is 0 Å². The van der Waals surface area contributed by atoms with Crippen LogP contribution in [0.3, 0.4) is 0 Å². The summed E-state index contributed by atoms with van der Waals surface area (Å²) in [5.41, 5.74) is -0.649. The fraction of sp³-hybridized carbons (Fsp3) is 0.825. The van der Waals surface area contributed by atoms with Gasteiger partial charge in [0, 0.05) is 44.2 Å². The van der Waals surface area contributed by atoms with Crippen molar-refractivity contribution < 1.29 is 32.4 Å². The number of nitrogens with zero attached hydrogens (tertiary/aromatic N) is 1. The van der Waals surface area contributed by atoms with E-state index in [9.17, 15) is 32.4 Å². The second-order valence-corrected chi connectivity index (χ2v) is 19.4. The number of rotatable bonds is 9. The summed E-state index contributed by atoms with van der Waals surface area (Å²) in [4.78, 5) is 70.8. The van der Waals surface area contributed by atoms with Crippen molar-refractivity contribution in [3.63, 3.8) is 0 Å². The fourth-order valence-electron chi connectivity index (χ4n) is 10.5. The molecule has 0 unspecified atom stereocenters. The minimum Gasteiger partial charge on any atom is -0.346 e. The van der Waals surface area contributed by atoms with Crippen LogP contribution < -0.4 is 5.32 Å². The highest BCUT2D eigenvalue weighted by molar-refractivity contribution is 7.92. The number of carbonyl (C=O) groups excluding carboxylic acids is 5. The number of ketones is 3. The number of Topliss-reactive ketones (excluding diaryl/α,β-unsaturated/α-hetero) is 3. The number of sulfone groups is 1. The van der Waals surface area contributed by atoms with Crippen molar-refractivity contribution in [2.45, 2.75) is 154 Å². The molecule has 3 heterocycles. The van der Waals surface area contributed by atoms with Gasteiger partial charge in [-0.05, 0) is 61.2 Å². The summed E-state index contributed by atoms with van der Waals surface area (Å²) < 4.78 is 26.3. The molecule has 10 heteroatoms. The van der Waals surface area contributed by atoms with Gasteiger partial charge >= 0.3 is 0 Å². The molecule has 5 fully saturated rings. The van der Waals surface area contributed by atoms with Crippen LogP contribution in [0.1, 0.15) is 142 Å². The molecular weight excluding hydrogens is 653 g/mol. The average molecular weight is 715 g/mol. The van der Waals surface area contributed by atoms with Crippen molar-refractivity contribution in [1.82, 2.24) is 10.2 Å². The highest BCUT2D eigenvalue weighted by Crippen LogP contribution is 2.65. The lowest BCUT2D eigenvalue weighted by Crippen LogP contribution is -2.49. The minimum atomic E-state index is -3.25. The number of fused-ring (bicyclic) bond motifs is 3. The van der Waals surface area contributed by atoms with Gasteiger partial charge in [-0.15, -0.1) is 6.58 Å². The average Bonchev–Trinajstić information content (AvgIpc) is 3.38. The molecule has 280 valence electrons. The molecule has 0 aromatic heterocycles. The van der Waals surface area contributed by atoms with Gasteiger partial charge in [-0.1, -0.05) is 90.6 Å². The molecule has 0 aromatic carbocycles. The summed E-state index contributed by atoms with van der Waals surface area (Å²) >= 11 is 0. The first-order valence-corrected chi connectivity index (χ1v) is 21.5. The number of amides is 2. The zero-order valence-corrected chi connectivity index (χ0v) is 31.5. The minimum absolute atomic E-state index is 0.0131. The van der Waals surface area contributed by atoms with Gasteiger partial charge in [-0.3, -0.25) is 24.0 Å². The Morgan fingerprint density at radius 3 is 2.12 bits per heavy atom. The van der Waals surface area contributed by atoms with Crippen LogP contribution in [0.25, 0.3) is 0 Å². The second kappa shape index (κ2) is 16.5. The molecule has 50 heavy (non-hydrogen) atoms. The lowest BCUT2D eigenvalue weighted by atomic mass is 9.67. The van der Waals surface area contributed by atoms with Gasteiger partial charge < -0.3 is 10.2 Å². The van der Waals surface area contributed by atoms with E-state index in [1.165, 1.54) is 6.08 Å². The lowest BCUT2D eigenvalue weighted by Gasteiger charge is -2.41. The van der Waals surface area contributed by atoms with Gasteiger partial charge in [0.2, 0.25) is 11.7 Å². The Balaban J connectivity index is 1.38. The number of hydrogen-bond acceptors (Lipinski definition) is 7. The largest absolute Gasteiger partial charge is 0.346 e. The monoisotopic (exact) mass is 714 g/mol. The number of carbonyl (C=O) groups is 5. The van der Waals surface area contributed by atoms with Crippen LogP contribution in [0.2, 0.25) is 0 Å². The molecule has 0 bridgehead atoms. The predicted octanol–water partition coefficient (Wildman–Crippen LogP) is 6.32. The predicted molar refractivity (Wildman–Crippen MR) is 194 cm³/mol. The molecule has 9 nitrogen and oxygen atoms in total. The molecule has 0 aromatic rings. The SMILES string of the molecule is C=CCNC(=O)C(=O)[C@@H]1CCCCCCCCCC[C@H](CC(=O)CC2([C@H]3CCCS3(=O)=O)CCCCC2)C(=O)N2C[C@H]3[C@@H]([C@H]2C(=O)C1)C3(C)C. The molecule has 3 saturated heterocycles. The number of nitrogens with one attached hydrogen (secondary N) is 1. The fourth-order valence-corrected chi connectivity index (χ4v) is 12.9. The third-order valence-electron chi connectivity index (χ3n) is 13.4. The van der Waals surface area contributed by atoms with E-state index in [-0.39, 0.29) is 66.3 Å². The summed E-state index contributed by atoms with van der Waals surface area (Å²) in [7, 11) is -3.25. The van der Waals surface area contributed by atoms with E-state index < -0.39 is 50.1 Å². The number of piperidine rings is 1. The maximum absolute atomic E-state index is 14.6. The molecule has 2 aliphatic carbocycles. The maximum Gasteiger partial charge on any atom is 0.287 e. The Morgan fingerprint density at radius 2 is 1.50 bits per heavy atom. The molecule has 3 aliphatic heterocycles. The van der Waals surface area contributed by atoms with Crippen LogP contribution in [0.4, 0.5) is 0 Å². The standard InChI is InChI=1S/C40H62N2O7S/c1-4-22-41-37(46)36(45)28-17-12-9-7-5-6-8-10-13-18-29(38(47)42-27-31-34(39(31,2)3)35(42)32(44)25-28)24-30(43)26-40(20-14-11-15-21-40)33-19-16-23-50(33,48)49/h4,28-29,31,33-35H,1,5-27H2,2-3H3,(H,41,46)/t28-,29-,31+,33-,34+,35-/m1/s1. The lowest BCUT2D eigenvalue weighted by molar-refractivity contribution is -0.146.